The largest absolute Gasteiger partial charge is 0.478 e. The number of pyridine rings is 1. The Morgan fingerprint density at radius 3 is 3.26 bits per heavy atom. The normalized spacial score (nSPS) is 20.5. The molecule has 2 heterocycles. The summed E-state index contributed by atoms with van der Waals surface area (Å²) >= 11 is 0. The molecule has 1 atom stereocenters. The van der Waals surface area contributed by atoms with E-state index >= 15 is 0 Å². The van der Waals surface area contributed by atoms with Crippen molar-refractivity contribution in [3.05, 3.63) is 30.0 Å². The van der Waals surface area contributed by atoms with Crippen molar-refractivity contribution in [1.29, 1.82) is 0 Å². The summed E-state index contributed by atoms with van der Waals surface area (Å²) in [4.78, 5) is 17.2. The highest BCUT2D eigenvalue weighted by Gasteiger charge is 2.17. The van der Waals surface area contributed by atoms with Gasteiger partial charge in [0.2, 0.25) is 0 Å². The molecule has 0 aliphatic carbocycles. The highest BCUT2D eigenvalue weighted by atomic mass is 16.5. The number of hydrogen-bond donors (Lipinski definition) is 1. The van der Waals surface area contributed by atoms with Crippen LogP contribution in [0.4, 0.5) is 5.82 Å². The minimum Gasteiger partial charge on any atom is -0.478 e. The lowest BCUT2D eigenvalue weighted by molar-refractivity contribution is -0.131. The number of carbonyl (C=O) groups is 1. The Balaban J connectivity index is 2.25. The lowest BCUT2D eigenvalue weighted by Gasteiger charge is -2.24. The average molecular weight is 262 g/mol. The van der Waals surface area contributed by atoms with Crippen LogP contribution < -0.4 is 4.90 Å². The Kier molecular flexibility index (Phi) is 4.52. The van der Waals surface area contributed by atoms with Crippen molar-refractivity contribution >= 4 is 17.9 Å². The molecule has 102 valence electrons. The highest BCUT2D eigenvalue weighted by molar-refractivity contribution is 5.86. The molecule has 1 aliphatic rings. The van der Waals surface area contributed by atoms with Crippen LogP contribution in [0.5, 0.6) is 0 Å². The van der Waals surface area contributed by atoms with Gasteiger partial charge < -0.3 is 14.7 Å². The standard InChI is InChI=1S/C14H18N2O3/c1-11-10-16(8-3-9-19-11)14-12(4-2-7-15-14)5-6-13(17)18/h2,4-7,11H,3,8-10H2,1H3,(H,17,18)/b6-5+. The van der Waals surface area contributed by atoms with Gasteiger partial charge >= 0.3 is 5.97 Å². The summed E-state index contributed by atoms with van der Waals surface area (Å²) in [5.41, 5.74) is 0.819. The fourth-order valence-corrected chi connectivity index (χ4v) is 2.15. The van der Waals surface area contributed by atoms with Crippen LogP contribution in [0, 0.1) is 0 Å². The predicted molar refractivity (Wildman–Crippen MR) is 73.2 cm³/mol. The zero-order valence-corrected chi connectivity index (χ0v) is 11.0. The molecular weight excluding hydrogens is 244 g/mol. The van der Waals surface area contributed by atoms with Gasteiger partial charge in [0.05, 0.1) is 6.10 Å². The van der Waals surface area contributed by atoms with Crippen LogP contribution in [-0.2, 0) is 9.53 Å². The molecule has 1 fully saturated rings. The summed E-state index contributed by atoms with van der Waals surface area (Å²) < 4.78 is 5.61. The number of hydrogen-bond acceptors (Lipinski definition) is 4. The van der Waals surface area contributed by atoms with Crippen LogP contribution in [0.3, 0.4) is 0 Å². The van der Waals surface area contributed by atoms with E-state index in [2.05, 4.69) is 9.88 Å². The number of carboxylic acids is 1. The van der Waals surface area contributed by atoms with E-state index in [1.54, 1.807) is 12.3 Å². The van der Waals surface area contributed by atoms with Gasteiger partial charge in [0, 0.05) is 37.5 Å². The summed E-state index contributed by atoms with van der Waals surface area (Å²) in [5, 5.41) is 8.72. The van der Waals surface area contributed by atoms with E-state index in [-0.39, 0.29) is 6.10 Å². The minimum atomic E-state index is -0.956. The molecule has 1 unspecified atom stereocenters. The van der Waals surface area contributed by atoms with Crippen molar-refractivity contribution in [2.45, 2.75) is 19.4 Å². The quantitative estimate of drug-likeness (QED) is 0.841. The number of rotatable bonds is 3. The summed E-state index contributed by atoms with van der Waals surface area (Å²) in [5.74, 6) is -0.139. The van der Waals surface area contributed by atoms with Crippen molar-refractivity contribution in [1.82, 2.24) is 4.98 Å². The number of nitrogens with zero attached hydrogens (tertiary/aromatic N) is 2. The number of aromatic nitrogens is 1. The van der Waals surface area contributed by atoms with Crippen molar-refractivity contribution in [2.24, 2.45) is 0 Å². The van der Waals surface area contributed by atoms with Crippen LogP contribution >= 0.6 is 0 Å². The van der Waals surface area contributed by atoms with Crippen molar-refractivity contribution in [2.75, 3.05) is 24.6 Å². The molecule has 5 nitrogen and oxygen atoms in total. The first kappa shape index (κ1) is 13.5. The molecule has 5 heteroatoms. The molecule has 0 bridgehead atoms. The van der Waals surface area contributed by atoms with Gasteiger partial charge in [-0.15, -0.1) is 0 Å². The predicted octanol–water partition coefficient (Wildman–Crippen LogP) is 1.79. The van der Waals surface area contributed by atoms with Crippen LogP contribution in [0.2, 0.25) is 0 Å². The van der Waals surface area contributed by atoms with Crippen molar-refractivity contribution < 1.29 is 14.6 Å². The molecule has 19 heavy (non-hydrogen) atoms. The second kappa shape index (κ2) is 6.33. The molecule has 1 saturated heterocycles. The SMILES string of the molecule is CC1CN(c2ncccc2/C=C/C(=O)O)CCCO1. The molecule has 0 spiro atoms. The number of anilines is 1. The average Bonchev–Trinajstić information content (AvgIpc) is 2.61. The Morgan fingerprint density at radius 2 is 2.47 bits per heavy atom. The molecule has 0 amide bonds. The highest BCUT2D eigenvalue weighted by Crippen LogP contribution is 2.21. The van der Waals surface area contributed by atoms with E-state index in [0.717, 1.165) is 43.6 Å². The summed E-state index contributed by atoms with van der Waals surface area (Å²) in [6.07, 6.45) is 5.55. The Bertz CT molecular complexity index is 474. The van der Waals surface area contributed by atoms with Crippen molar-refractivity contribution in [3.8, 4) is 0 Å². The molecule has 0 saturated carbocycles. The maximum absolute atomic E-state index is 10.6. The van der Waals surface area contributed by atoms with Crippen LogP contribution in [0.25, 0.3) is 6.08 Å². The van der Waals surface area contributed by atoms with Gasteiger partial charge in [0.25, 0.3) is 0 Å². The summed E-state index contributed by atoms with van der Waals surface area (Å²) in [6, 6.07) is 3.68. The van der Waals surface area contributed by atoms with E-state index < -0.39 is 5.97 Å². The van der Waals surface area contributed by atoms with Gasteiger partial charge in [0.15, 0.2) is 0 Å². The fourth-order valence-electron chi connectivity index (χ4n) is 2.15. The monoisotopic (exact) mass is 262 g/mol. The van der Waals surface area contributed by atoms with E-state index in [1.807, 2.05) is 19.1 Å². The first-order chi connectivity index (χ1) is 9.16. The smallest absolute Gasteiger partial charge is 0.328 e. The lowest BCUT2D eigenvalue weighted by atomic mass is 10.2. The zero-order chi connectivity index (χ0) is 13.7. The molecule has 0 aromatic carbocycles. The number of ether oxygens (including phenoxy) is 1. The maximum Gasteiger partial charge on any atom is 0.328 e. The topological polar surface area (TPSA) is 62.7 Å². The second-order valence-electron chi connectivity index (χ2n) is 4.57. The molecular formula is C14H18N2O3. The van der Waals surface area contributed by atoms with Gasteiger partial charge in [-0.05, 0) is 31.6 Å². The van der Waals surface area contributed by atoms with E-state index in [4.69, 9.17) is 9.84 Å². The third kappa shape index (κ3) is 3.79. The van der Waals surface area contributed by atoms with Gasteiger partial charge in [-0.1, -0.05) is 0 Å². The Labute approximate surface area is 112 Å². The van der Waals surface area contributed by atoms with Crippen molar-refractivity contribution in [3.63, 3.8) is 0 Å². The van der Waals surface area contributed by atoms with Gasteiger partial charge in [-0.25, -0.2) is 9.78 Å². The molecule has 1 aromatic heterocycles. The van der Waals surface area contributed by atoms with Gasteiger partial charge in [0.1, 0.15) is 5.82 Å². The Morgan fingerprint density at radius 1 is 1.63 bits per heavy atom. The lowest BCUT2D eigenvalue weighted by Crippen LogP contribution is -2.31. The number of aliphatic carboxylic acids is 1. The summed E-state index contributed by atoms with van der Waals surface area (Å²) in [6.45, 7) is 4.43. The third-order valence-corrected chi connectivity index (χ3v) is 2.97. The van der Waals surface area contributed by atoms with Crippen LogP contribution in [-0.4, -0.2) is 41.9 Å². The van der Waals surface area contributed by atoms with Crippen LogP contribution in [0.1, 0.15) is 18.9 Å². The van der Waals surface area contributed by atoms with Gasteiger partial charge in [-0.3, -0.25) is 0 Å². The minimum absolute atomic E-state index is 0.154. The first-order valence-electron chi connectivity index (χ1n) is 6.39. The first-order valence-corrected chi connectivity index (χ1v) is 6.39. The Hall–Kier alpha value is -1.88. The van der Waals surface area contributed by atoms with E-state index in [9.17, 15) is 4.79 Å². The third-order valence-electron chi connectivity index (χ3n) is 2.97. The summed E-state index contributed by atoms with van der Waals surface area (Å²) in [7, 11) is 0. The van der Waals surface area contributed by atoms with Gasteiger partial charge in [-0.2, -0.15) is 0 Å². The molecule has 2 rings (SSSR count). The number of carboxylic acid groups (broad SMARTS) is 1. The molecule has 1 N–H and O–H groups in total. The van der Waals surface area contributed by atoms with Crippen LogP contribution in [0.15, 0.2) is 24.4 Å². The molecule has 0 radical (unpaired) electrons. The zero-order valence-electron chi connectivity index (χ0n) is 11.0. The molecule has 1 aromatic rings. The fraction of sp³-hybridized carbons (Fsp3) is 0.429. The van der Waals surface area contributed by atoms with E-state index in [0.29, 0.717) is 0 Å². The second-order valence-corrected chi connectivity index (χ2v) is 4.57. The van der Waals surface area contributed by atoms with E-state index in [1.165, 1.54) is 0 Å². The maximum atomic E-state index is 10.6. The molecule has 1 aliphatic heterocycles.